The van der Waals surface area contributed by atoms with Crippen LogP contribution in [0.1, 0.15) is 46.4 Å². The molecule has 0 unspecified atom stereocenters. The standard InChI is InChI=1S/C22H23Cl2NO3/c23-18-7-3-16(4-8-18)20(26)2-1-13-25-14-11-22(28,12-15-25)21(27)17-5-9-19(24)10-6-17/h3-10,28H,1-2,11-15H2. The molecule has 0 bridgehead atoms. The molecule has 0 radical (unpaired) electrons. The van der Waals surface area contributed by atoms with Gasteiger partial charge in [0.1, 0.15) is 5.60 Å². The SMILES string of the molecule is O=C(CCCN1CCC(O)(C(=O)c2ccc(Cl)cc2)CC1)c1ccc(Cl)cc1. The van der Waals surface area contributed by atoms with Gasteiger partial charge in [0.05, 0.1) is 0 Å². The lowest BCUT2D eigenvalue weighted by Gasteiger charge is -2.37. The van der Waals surface area contributed by atoms with E-state index >= 15 is 0 Å². The number of carbonyl (C=O) groups excluding carboxylic acids is 2. The fourth-order valence-corrected chi connectivity index (χ4v) is 3.74. The summed E-state index contributed by atoms with van der Waals surface area (Å²) < 4.78 is 0. The van der Waals surface area contributed by atoms with Crippen molar-refractivity contribution in [2.75, 3.05) is 19.6 Å². The number of hydrogen-bond donors (Lipinski definition) is 1. The first-order chi connectivity index (χ1) is 13.4. The molecule has 0 aromatic heterocycles. The molecule has 1 aliphatic heterocycles. The summed E-state index contributed by atoms with van der Waals surface area (Å²) in [6, 6.07) is 13.5. The second-order valence-electron chi connectivity index (χ2n) is 7.24. The predicted molar refractivity (Wildman–Crippen MR) is 111 cm³/mol. The lowest BCUT2D eigenvalue weighted by Crippen LogP contribution is -2.49. The fraction of sp³-hybridized carbons (Fsp3) is 0.364. The van der Waals surface area contributed by atoms with Crippen molar-refractivity contribution in [3.05, 3.63) is 69.7 Å². The molecule has 148 valence electrons. The van der Waals surface area contributed by atoms with Crippen molar-refractivity contribution in [1.82, 2.24) is 4.90 Å². The van der Waals surface area contributed by atoms with Gasteiger partial charge in [0, 0.05) is 40.7 Å². The van der Waals surface area contributed by atoms with Gasteiger partial charge in [-0.1, -0.05) is 23.2 Å². The second kappa shape index (κ2) is 9.19. The van der Waals surface area contributed by atoms with E-state index in [9.17, 15) is 14.7 Å². The maximum atomic E-state index is 12.7. The van der Waals surface area contributed by atoms with Crippen LogP contribution in [0.4, 0.5) is 0 Å². The molecule has 0 aliphatic carbocycles. The minimum atomic E-state index is -1.33. The second-order valence-corrected chi connectivity index (χ2v) is 8.12. The van der Waals surface area contributed by atoms with Crippen LogP contribution in [0.2, 0.25) is 10.0 Å². The van der Waals surface area contributed by atoms with Crippen molar-refractivity contribution in [2.45, 2.75) is 31.3 Å². The highest BCUT2D eigenvalue weighted by Crippen LogP contribution is 2.27. The molecule has 6 heteroatoms. The van der Waals surface area contributed by atoms with E-state index in [1.165, 1.54) is 0 Å². The van der Waals surface area contributed by atoms with Crippen LogP contribution in [0.3, 0.4) is 0 Å². The maximum absolute atomic E-state index is 12.7. The highest BCUT2D eigenvalue weighted by Gasteiger charge is 2.39. The number of nitrogens with zero attached hydrogens (tertiary/aromatic N) is 1. The van der Waals surface area contributed by atoms with E-state index in [1.54, 1.807) is 48.5 Å². The van der Waals surface area contributed by atoms with Gasteiger partial charge in [0.15, 0.2) is 11.6 Å². The van der Waals surface area contributed by atoms with Crippen LogP contribution in [-0.2, 0) is 0 Å². The number of ketones is 2. The van der Waals surface area contributed by atoms with Crippen molar-refractivity contribution in [3.63, 3.8) is 0 Å². The van der Waals surface area contributed by atoms with E-state index in [0.29, 0.717) is 53.5 Å². The lowest BCUT2D eigenvalue weighted by molar-refractivity contribution is -0.00648. The number of hydrogen-bond acceptors (Lipinski definition) is 4. The molecule has 0 saturated carbocycles. The van der Waals surface area contributed by atoms with Crippen LogP contribution < -0.4 is 0 Å². The Morgan fingerprint density at radius 2 is 1.39 bits per heavy atom. The van der Waals surface area contributed by atoms with Crippen molar-refractivity contribution in [2.24, 2.45) is 0 Å². The van der Waals surface area contributed by atoms with E-state index in [1.807, 2.05) is 0 Å². The first-order valence-electron chi connectivity index (χ1n) is 9.41. The molecule has 1 heterocycles. The smallest absolute Gasteiger partial charge is 0.194 e. The van der Waals surface area contributed by atoms with Crippen LogP contribution in [0.15, 0.2) is 48.5 Å². The molecule has 1 N–H and O–H groups in total. The zero-order valence-electron chi connectivity index (χ0n) is 15.5. The molecule has 28 heavy (non-hydrogen) atoms. The number of aliphatic hydroxyl groups is 1. The Morgan fingerprint density at radius 3 is 1.93 bits per heavy atom. The zero-order valence-corrected chi connectivity index (χ0v) is 17.0. The van der Waals surface area contributed by atoms with Gasteiger partial charge in [-0.2, -0.15) is 0 Å². The summed E-state index contributed by atoms with van der Waals surface area (Å²) in [6.45, 7) is 2.03. The number of halogens is 2. The van der Waals surface area contributed by atoms with Gasteiger partial charge in [0.25, 0.3) is 0 Å². The Morgan fingerprint density at radius 1 is 0.893 bits per heavy atom. The van der Waals surface area contributed by atoms with Gasteiger partial charge < -0.3 is 10.0 Å². The number of likely N-dealkylation sites (tertiary alicyclic amines) is 1. The van der Waals surface area contributed by atoms with E-state index < -0.39 is 5.60 Å². The maximum Gasteiger partial charge on any atom is 0.194 e. The van der Waals surface area contributed by atoms with Gasteiger partial charge in [-0.05, 0) is 74.3 Å². The Kier molecular flexibility index (Phi) is 6.89. The molecule has 0 amide bonds. The van der Waals surface area contributed by atoms with Crippen LogP contribution in [0.25, 0.3) is 0 Å². The predicted octanol–water partition coefficient (Wildman–Crippen LogP) is 4.67. The minimum Gasteiger partial charge on any atom is -0.382 e. The molecule has 2 aromatic rings. The van der Waals surface area contributed by atoms with Gasteiger partial charge in [-0.3, -0.25) is 9.59 Å². The quantitative estimate of drug-likeness (QED) is 0.662. The van der Waals surface area contributed by atoms with E-state index in [2.05, 4.69) is 4.90 Å². The Bertz CT molecular complexity index is 826. The average molecular weight is 420 g/mol. The summed E-state index contributed by atoms with van der Waals surface area (Å²) >= 11 is 11.7. The normalized spacial score (nSPS) is 16.7. The van der Waals surface area contributed by atoms with E-state index in [-0.39, 0.29) is 11.6 Å². The lowest BCUT2D eigenvalue weighted by atomic mass is 9.84. The van der Waals surface area contributed by atoms with Crippen molar-refractivity contribution in [1.29, 1.82) is 0 Å². The topological polar surface area (TPSA) is 57.6 Å². The number of rotatable bonds is 7. The molecule has 3 rings (SSSR count). The number of Topliss-reactive ketones (excluding diaryl/α,β-unsaturated/α-hetero) is 2. The molecule has 1 aliphatic rings. The third-order valence-corrected chi connectivity index (χ3v) is 5.76. The Balaban J connectivity index is 1.46. The van der Waals surface area contributed by atoms with Crippen molar-refractivity contribution >= 4 is 34.8 Å². The number of benzene rings is 2. The molecule has 0 atom stereocenters. The molecule has 0 spiro atoms. The van der Waals surface area contributed by atoms with Crippen LogP contribution >= 0.6 is 23.2 Å². The average Bonchev–Trinajstić information content (AvgIpc) is 2.70. The first-order valence-corrected chi connectivity index (χ1v) is 10.2. The molecule has 1 fully saturated rings. The highest BCUT2D eigenvalue weighted by molar-refractivity contribution is 6.31. The van der Waals surface area contributed by atoms with E-state index in [0.717, 1.165) is 13.0 Å². The van der Waals surface area contributed by atoms with Crippen molar-refractivity contribution < 1.29 is 14.7 Å². The fourth-order valence-electron chi connectivity index (χ4n) is 3.49. The summed E-state index contributed by atoms with van der Waals surface area (Å²) in [7, 11) is 0. The molecule has 4 nitrogen and oxygen atoms in total. The van der Waals surface area contributed by atoms with Crippen molar-refractivity contribution in [3.8, 4) is 0 Å². The minimum absolute atomic E-state index is 0.100. The highest BCUT2D eigenvalue weighted by atomic mass is 35.5. The molecule has 2 aromatic carbocycles. The molecular weight excluding hydrogens is 397 g/mol. The van der Waals surface area contributed by atoms with Gasteiger partial charge in [-0.15, -0.1) is 0 Å². The van der Waals surface area contributed by atoms with Gasteiger partial charge in [-0.25, -0.2) is 0 Å². The zero-order chi connectivity index (χ0) is 20.1. The van der Waals surface area contributed by atoms with Crippen LogP contribution in [0.5, 0.6) is 0 Å². The number of piperidine rings is 1. The Labute approximate surface area is 175 Å². The summed E-state index contributed by atoms with van der Waals surface area (Å²) in [5.74, 6) is -0.148. The first kappa shape index (κ1) is 21.0. The molecule has 1 saturated heterocycles. The van der Waals surface area contributed by atoms with Gasteiger partial charge >= 0.3 is 0 Å². The summed E-state index contributed by atoms with van der Waals surface area (Å²) in [6.07, 6.45) is 1.98. The Hall–Kier alpha value is -1.72. The third kappa shape index (κ3) is 5.21. The van der Waals surface area contributed by atoms with Crippen LogP contribution in [0, 0.1) is 0 Å². The van der Waals surface area contributed by atoms with Crippen LogP contribution in [-0.4, -0.2) is 46.8 Å². The third-order valence-electron chi connectivity index (χ3n) is 5.26. The molecular formula is C22H23Cl2NO3. The summed E-state index contributed by atoms with van der Waals surface area (Å²) in [5.41, 5.74) is -0.177. The van der Waals surface area contributed by atoms with Gasteiger partial charge in [0.2, 0.25) is 0 Å². The van der Waals surface area contributed by atoms with E-state index in [4.69, 9.17) is 23.2 Å². The largest absolute Gasteiger partial charge is 0.382 e. The monoisotopic (exact) mass is 419 g/mol. The summed E-state index contributed by atoms with van der Waals surface area (Å²) in [4.78, 5) is 27.1. The summed E-state index contributed by atoms with van der Waals surface area (Å²) in [5, 5.41) is 12.0. The number of carbonyl (C=O) groups is 2.